The maximum Gasteiger partial charge on any atom is 0.254 e. The number of nitrogens with zero attached hydrogens (tertiary/aromatic N) is 1. The standard InChI is InChI=1S/C14H17NO3/c1-17-11-6-4-10(5-7-11)12-13(18-12)14(16)15-8-2-3-9-15/h4-7,12-13H,2-3,8-9H2,1H3/t12-,13-/m1/s1. The number of epoxide rings is 1. The second-order valence-electron chi connectivity index (χ2n) is 4.78. The average molecular weight is 247 g/mol. The summed E-state index contributed by atoms with van der Waals surface area (Å²) < 4.78 is 10.6. The minimum absolute atomic E-state index is 0.0657. The molecule has 3 rings (SSSR count). The van der Waals surface area contributed by atoms with Gasteiger partial charge in [0.25, 0.3) is 5.91 Å². The number of benzene rings is 1. The SMILES string of the molecule is COc1ccc([C@H]2O[C@H]2C(=O)N2CCCC2)cc1. The van der Waals surface area contributed by atoms with E-state index in [2.05, 4.69) is 0 Å². The van der Waals surface area contributed by atoms with Crippen LogP contribution < -0.4 is 4.74 Å². The molecule has 4 nitrogen and oxygen atoms in total. The summed E-state index contributed by atoms with van der Waals surface area (Å²) in [5.41, 5.74) is 1.05. The van der Waals surface area contributed by atoms with Crippen molar-refractivity contribution in [1.82, 2.24) is 4.90 Å². The molecule has 2 aliphatic rings. The van der Waals surface area contributed by atoms with Crippen molar-refractivity contribution in [1.29, 1.82) is 0 Å². The van der Waals surface area contributed by atoms with Crippen molar-refractivity contribution in [3.8, 4) is 5.75 Å². The van der Waals surface area contributed by atoms with Crippen LogP contribution in [0.3, 0.4) is 0 Å². The number of ether oxygens (including phenoxy) is 2. The Hall–Kier alpha value is -1.55. The Morgan fingerprint density at radius 1 is 1.28 bits per heavy atom. The van der Waals surface area contributed by atoms with E-state index in [1.54, 1.807) is 7.11 Å². The van der Waals surface area contributed by atoms with Crippen LogP contribution in [0.15, 0.2) is 24.3 Å². The first-order valence-electron chi connectivity index (χ1n) is 6.38. The van der Waals surface area contributed by atoms with Gasteiger partial charge in [-0.1, -0.05) is 12.1 Å². The molecule has 0 spiro atoms. The largest absolute Gasteiger partial charge is 0.497 e. The summed E-state index contributed by atoms with van der Waals surface area (Å²) in [7, 11) is 1.64. The zero-order valence-corrected chi connectivity index (χ0v) is 10.5. The number of likely N-dealkylation sites (tertiary alicyclic amines) is 1. The molecule has 2 aliphatic heterocycles. The van der Waals surface area contributed by atoms with Crippen molar-refractivity contribution in [2.24, 2.45) is 0 Å². The molecular formula is C14H17NO3. The van der Waals surface area contributed by atoms with Crippen LogP contribution in [-0.2, 0) is 9.53 Å². The summed E-state index contributed by atoms with van der Waals surface area (Å²) in [5.74, 6) is 0.968. The average Bonchev–Trinajstić information content (AvgIpc) is 3.03. The van der Waals surface area contributed by atoms with E-state index in [0.717, 1.165) is 37.2 Å². The van der Waals surface area contributed by atoms with Crippen molar-refractivity contribution in [3.05, 3.63) is 29.8 Å². The lowest BCUT2D eigenvalue weighted by molar-refractivity contribution is -0.131. The Bertz CT molecular complexity index is 437. The van der Waals surface area contributed by atoms with Gasteiger partial charge >= 0.3 is 0 Å². The second-order valence-corrected chi connectivity index (χ2v) is 4.78. The molecule has 1 aromatic rings. The van der Waals surface area contributed by atoms with E-state index < -0.39 is 0 Å². The zero-order valence-electron chi connectivity index (χ0n) is 10.5. The number of rotatable bonds is 3. The van der Waals surface area contributed by atoms with Crippen molar-refractivity contribution in [3.63, 3.8) is 0 Å². The summed E-state index contributed by atoms with van der Waals surface area (Å²) >= 11 is 0. The van der Waals surface area contributed by atoms with Gasteiger partial charge in [-0.2, -0.15) is 0 Å². The van der Waals surface area contributed by atoms with Gasteiger partial charge in [0.2, 0.25) is 0 Å². The van der Waals surface area contributed by atoms with Crippen molar-refractivity contribution in [2.45, 2.75) is 25.0 Å². The third-order valence-corrected chi connectivity index (χ3v) is 3.60. The van der Waals surface area contributed by atoms with E-state index in [4.69, 9.17) is 9.47 Å². The Kier molecular flexibility index (Phi) is 2.96. The number of hydrogen-bond acceptors (Lipinski definition) is 3. The fraction of sp³-hybridized carbons (Fsp3) is 0.500. The smallest absolute Gasteiger partial charge is 0.254 e. The molecule has 1 amide bonds. The van der Waals surface area contributed by atoms with Crippen LogP contribution in [-0.4, -0.2) is 37.1 Å². The summed E-state index contributed by atoms with van der Waals surface area (Å²) in [4.78, 5) is 14.0. The molecule has 1 aromatic carbocycles. The van der Waals surface area contributed by atoms with Crippen molar-refractivity contribution in [2.75, 3.05) is 20.2 Å². The van der Waals surface area contributed by atoms with Crippen molar-refractivity contribution < 1.29 is 14.3 Å². The molecule has 0 aromatic heterocycles. The van der Waals surface area contributed by atoms with Gasteiger partial charge in [-0.3, -0.25) is 4.79 Å². The molecular weight excluding hydrogens is 230 g/mol. The van der Waals surface area contributed by atoms with Crippen LogP contribution in [0.1, 0.15) is 24.5 Å². The third-order valence-electron chi connectivity index (χ3n) is 3.60. The molecule has 96 valence electrons. The molecule has 0 aliphatic carbocycles. The van der Waals surface area contributed by atoms with Gasteiger partial charge in [0.1, 0.15) is 11.9 Å². The highest BCUT2D eigenvalue weighted by Gasteiger charge is 2.48. The Morgan fingerprint density at radius 3 is 2.56 bits per heavy atom. The second kappa shape index (κ2) is 4.61. The third kappa shape index (κ3) is 2.08. The summed E-state index contributed by atoms with van der Waals surface area (Å²) in [5, 5.41) is 0. The maximum atomic E-state index is 12.1. The highest BCUT2D eigenvalue weighted by atomic mass is 16.6. The lowest BCUT2D eigenvalue weighted by Crippen LogP contribution is -2.31. The lowest BCUT2D eigenvalue weighted by atomic mass is 10.1. The number of carbonyl (C=O) groups excluding carboxylic acids is 1. The van der Waals surface area contributed by atoms with Crippen LogP contribution in [0.4, 0.5) is 0 Å². The van der Waals surface area contributed by atoms with Crippen LogP contribution in [0.25, 0.3) is 0 Å². The van der Waals surface area contributed by atoms with E-state index in [1.807, 2.05) is 29.2 Å². The molecule has 0 unspecified atom stereocenters. The molecule has 2 fully saturated rings. The van der Waals surface area contributed by atoms with Gasteiger partial charge in [0.05, 0.1) is 7.11 Å². The quantitative estimate of drug-likeness (QED) is 0.764. The molecule has 0 N–H and O–H groups in total. The highest BCUT2D eigenvalue weighted by Crippen LogP contribution is 2.40. The van der Waals surface area contributed by atoms with Gasteiger partial charge in [-0.15, -0.1) is 0 Å². The predicted molar refractivity (Wildman–Crippen MR) is 66.4 cm³/mol. The van der Waals surface area contributed by atoms with Crippen LogP contribution in [0, 0.1) is 0 Å². The molecule has 0 radical (unpaired) electrons. The van der Waals surface area contributed by atoms with E-state index in [-0.39, 0.29) is 18.1 Å². The Labute approximate surface area is 106 Å². The van der Waals surface area contributed by atoms with Crippen LogP contribution >= 0.6 is 0 Å². The Balaban J connectivity index is 1.63. The number of hydrogen-bond donors (Lipinski definition) is 0. The lowest BCUT2D eigenvalue weighted by Gasteiger charge is -2.13. The summed E-state index contributed by atoms with van der Waals surface area (Å²) in [6.45, 7) is 1.77. The van der Waals surface area contributed by atoms with E-state index in [0.29, 0.717) is 0 Å². The summed E-state index contributed by atoms with van der Waals surface area (Å²) in [6, 6.07) is 7.71. The van der Waals surface area contributed by atoms with Crippen molar-refractivity contribution >= 4 is 5.91 Å². The normalized spacial score (nSPS) is 26.2. The molecule has 2 heterocycles. The van der Waals surface area contributed by atoms with E-state index >= 15 is 0 Å². The predicted octanol–water partition coefficient (Wildman–Crippen LogP) is 1.76. The minimum atomic E-state index is -0.267. The van der Waals surface area contributed by atoms with E-state index in [1.165, 1.54) is 0 Å². The van der Waals surface area contributed by atoms with Crippen LogP contribution in [0.2, 0.25) is 0 Å². The topological polar surface area (TPSA) is 42.1 Å². The van der Waals surface area contributed by atoms with Gasteiger partial charge < -0.3 is 14.4 Å². The first kappa shape index (κ1) is 11.5. The monoisotopic (exact) mass is 247 g/mol. The van der Waals surface area contributed by atoms with Gasteiger partial charge in [-0.25, -0.2) is 0 Å². The minimum Gasteiger partial charge on any atom is -0.497 e. The summed E-state index contributed by atoms with van der Waals surface area (Å²) in [6.07, 6.45) is 1.90. The zero-order chi connectivity index (χ0) is 12.5. The maximum absolute atomic E-state index is 12.1. The molecule has 2 saturated heterocycles. The van der Waals surface area contributed by atoms with Gasteiger partial charge in [0, 0.05) is 13.1 Å². The molecule has 2 atom stereocenters. The first-order chi connectivity index (χ1) is 8.79. The van der Waals surface area contributed by atoms with Gasteiger partial charge in [-0.05, 0) is 30.5 Å². The molecule has 0 bridgehead atoms. The number of carbonyl (C=O) groups is 1. The fourth-order valence-electron chi connectivity index (χ4n) is 2.46. The number of amides is 1. The number of methoxy groups -OCH3 is 1. The van der Waals surface area contributed by atoms with E-state index in [9.17, 15) is 4.79 Å². The Morgan fingerprint density at radius 2 is 1.94 bits per heavy atom. The molecule has 0 saturated carbocycles. The van der Waals surface area contributed by atoms with Crippen LogP contribution in [0.5, 0.6) is 5.75 Å². The van der Waals surface area contributed by atoms with Gasteiger partial charge in [0.15, 0.2) is 6.10 Å². The fourth-order valence-corrected chi connectivity index (χ4v) is 2.46. The molecule has 18 heavy (non-hydrogen) atoms. The molecule has 4 heteroatoms. The first-order valence-corrected chi connectivity index (χ1v) is 6.38. The highest BCUT2D eigenvalue weighted by molar-refractivity contribution is 5.84.